The molecule has 2 rings (SSSR count). The fraction of sp³-hybridized carbons (Fsp3) is 0.235. The van der Waals surface area contributed by atoms with E-state index in [0.29, 0.717) is 17.3 Å². The molecule has 0 aliphatic rings. The number of amides is 1. The topological polar surface area (TPSA) is 29.1 Å². The normalized spacial score (nSPS) is 10.5. The molecule has 0 atom stereocenters. The summed E-state index contributed by atoms with van der Waals surface area (Å²) in [5.41, 5.74) is 0.747. The van der Waals surface area contributed by atoms with Crippen molar-refractivity contribution >= 4 is 46.6 Å². The van der Waals surface area contributed by atoms with Crippen molar-refractivity contribution < 1.29 is 4.79 Å². The van der Waals surface area contributed by atoms with Gasteiger partial charge in [0, 0.05) is 27.1 Å². The Hall–Kier alpha value is -1.16. The molecule has 0 saturated heterocycles. The molecule has 1 N–H and O–H groups in total. The van der Waals surface area contributed by atoms with E-state index in [2.05, 4.69) is 5.32 Å². The van der Waals surface area contributed by atoms with Crippen LogP contribution in [0.3, 0.4) is 0 Å². The highest BCUT2D eigenvalue weighted by Gasteiger charge is 2.09. The van der Waals surface area contributed by atoms with E-state index in [1.54, 1.807) is 17.8 Å². The molecule has 0 spiro atoms. The first kappa shape index (κ1) is 17.2. The van der Waals surface area contributed by atoms with Gasteiger partial charge in [0.15, 0.2) is 0 Å². The molecule has 0 fully saturated rings. The number of anilines is 1. The highest BCUT2D eigenvalue weighted by Crippen LogP contribution is 2.35. The molecule has 2 nitrogen and oxygen atoms in total. The van der Waals surface area contributed by atoms with Gasteiger partial charge in [0.05, 0.1) is 5.69 Å². The van der Waals surface area contributed by atoms with Gasteiger partial charge in [-0.25, -0.2) is 0 Å². The van der Waals surface area contributed by atoms with Gasteiger partial charge in [-0.05, 0) is 43.2 Å². The summed E-state index contributed by atoms with van der Waals surface area (Å²) in [6.07, 6.45) is 2.10. The number of hydrogen-bond acceptors (Lipinski definition) is 2. The summed E-state index contributed by atoms with van der Waals surface area (Å²) < 4.78 is 0. The van der Waals surface area contributed by atoms with Crippen LogP contribution in [0.4, 0.5) is 5.69 Å². The number of rotatable bonds is 7. The Morgan fingerprint density at radius 1 is 1.09 bits per heavy atom. The van der Waals surface area contributed by atoms with Crippen molar-refractivity contribution in [1.29, 1.82) is 0 Å². The number of unbranched alkanes of at least 4 members (excludes halogenated alkanes) is 1. The molecular formula is C17H17Cl2NOS. The van der Waals surface area contributed by atoms with Crippen LogP contribution in [0.15, 0.2) is 58.3 Å². The van der Waals surface area contributed by atoms with Gasteiger partial charge in [0.25, 0.3) is 0 Å². The van der Waals surface area contributed by atoms with E-state index in [4.69, 9.17) is 23.2 Å². The van der Waals surface area contributed by atoms with Gasteiger partial charge < -0.3 is 5.32 Å². The first-order valence-corrected chi connectivity index (χ1v) is 8.80. The highest BCUT2D eigenvalue weighted by molar-refractivity contribution is 7.99. The van der Waals surface area contributed by atoms with Crippen molar-refractivity contribution in [1.82, 2.24) is 0 Å². The first-order chi connectivity index (χ1) is 10.7. The Labute approximate surface area is 145 Å². The average Bonchev–Trinajstić information content (AvgIpc) is 2.51. The Balaban J connectivity index is 2.09. The van der Waals surface area contributed by atoms with Crippen LogP contribution in [0.2, 0.25) is 5.02 Å². The Morgan fingerprint density at radius 2 is 1.86 bits per heavy atom. The Bertz CT molecular complexity index is 619. The zero-order chi connectivity index (χ0) is 15.8. The molecule has 0 aliphatic carbocycles. The van der Waals surface area contributed by atoms with Gasteiger partial charge in [0.1, 0.15) is 0 Å². The molecule has 0 aromatic heterocycles. The maximum absolute atomic E-state index is 12.0. The summed E-state index contributed by atoms with van der Waals surface area (Å²) in [5.74, 6) is 0.571. The van der Waals surface area contributed by atoms with Gasteiger partial charge in [-0.1, -0.05) is 41.6 Å². The Morgan fingerprint density at radius 3 is 2.59 bits per heavy atom. The number of benzene rings is 2. The van der Waals surface area contributed by atoms with E-state index in [1.807, 2.05) is 42.5 Å². The lowest BCUT2D eigenvalue weighted by Gasteiger charge is -2.11. The van der Waals surface area contributed by atoms with Crippen LogP contribution in [0, 0.1) is 0 Å². The third-order valence-electron chi connectivity index (χ3n) is 2.97. The van der Waals surface area contributed by atoms with E-state index < -0.39 is 0 Å². The molecule has 5 heteroatoms. The van der Waals surface area contributed by atoms with Gasteiger partial charge in [-0.2, -0.15) is 0 Å². The first-order valence-electron chi connectivity index (χ1n) is 7.07. The van der Waals surface area contributed by atoms with E-state index in [9.17, 15) is 4.79 Å². The van der Waals surface area contributed by atoms with Crippen molar-refractivity contribution in [3.05, 3.63) is 53.6 Å². The third kappa shape index (κ3) is 5.56. The Kier molecular flexibility index (Phi) is 7.10. The SMILES string of the molecule is O=C(CCCCCl)Nc1cc(Cl)ccc1Sc1ccccc1. The molecular weight excluding hydrogens is 337 g/mol. The molecule has 0 aliphatic heterocycles. The van der Waals surface area contributed by atoms with E-state index in [-0.39, 0.29) is 5.91 Å². The zero-order valence-corrected chi connectivity index (χ0v) is 14.3. The fourth-order valence-corrected chi connectivity index (χ4v) is 3.16. The molecule has 22 heavy (non-hydrogen) atoms. The van der Waals surface area contributed by atoms with Crippen LogP contribution in [-0.4, -0.2) is 11.8 Å². The van der Waals surface area contributed by atoms with E-state index in [0.717, 1.165) is 28.3 Å². The third-order valence-corrected chi connectivity index (χ3v) is 4.56. The van der Waals surface area contributed by atoms with Crippen LogP contribution >= 0.6 is 35.0 Å². The van der Waals surface area contributed by atoms with Crippen LogP contribution < -0.4 is 5.32 Å². The smallest absolute Gasteiger partial charge is 0.224 e. The molecule has 2 aromatic carbocycles. The molecule has 2 aromatic rings. The number of halogens is 2. The zero-order valence-electron chi connectivity index (χ0n) is 12.0. The fourth-order valence-electron chi connectivity index (χ4n) is 1.90. The summed E-state index contributed by atoms with van der Waals surface area (Å²) in [6, 6.07) is 15.6. The second kappa shape index (κ2) is 9.09. The highest BCUT2D eigenvalue weighted by atomic mass is 35.5. The maximum Gasteiger partial charge on any atom is 0.224 e. The van der Waals surface area contributed by atoms with Crippen LogP contribution in [0.25, 0.3) is 0 Å². The van der Waals surface area contributed by atoms with Gasteiger partial charge in [0.2, 0.25) is 5.91 Å². The summed E-state index contributed by atoms with van der Waals surface area (Å²) >= 11 is 13.3. The number of alkyl halides is 1. The molecule has 0 bridgehead atoms. The van der Waals surface area contributed by atoms with Crippen molar-refractivity contribution in [3.8, 4) is 0 Å². The van der Waals surface area contributed by atoms with Gasteiger partial charge >= 0.3 is 0 Å². The average molecular weight is 354 g/mol. The second-order valence-corrected chi connectivity index (χ2v) is 6.68. The lowest BCUT2D eigenvalue weighted by Crippen LogP contribution is -2.11. The lowest BCUT2D eigenvalue weighted by molar-refractivity contribution is -0.116. The van der Waals surface area contributed by atoms with E-state index in [1.165, 1.54) is 0 Å². The predicted molar refractivity (Wildman–Crippen MR) is 95.2 cm³/mol. The molecule has 0 heterocycles. The molecule has 1 amide bonds. The number of hydrogen-bond donors (Lipinski definition) is 1. The minimum atomic E-state index is -0.0118. The molecule has 0 saturated carbocycles. The minimum absolute atomic E-state index is 0.0118. The predicted octanol–water partition coefficient (Wildman–Crippen LogP) is 5.84. The number of nitrogens with one attached hydrogen (secondary N) is 1. The van der Waals surface area contributed by atoms with Gasteiger partial charge in [-0.15, -0.1) is 11.6 Å². The monoisotopic (exact) mass is 353 g/mol. The van der Waals surface area contributed by atoms with Crippen molar-refractivity contribution in [2.75, 3.05) is 11.2 Å². The quantitative estimate of drug-likeness (QED) is 0.500. The summed E-state index contributed by atoms with van der Waals surface area (Å²) in [6.45, 7) is 0. The van der Waals surface area contributed by atoms with Crippen LogP contribution in [-0.2, 0) is 4.79 Å². The van der Waals surface area contributed by atoms with Crippen molar-refractivity contribution in [2.24, 2.45) is 0 Å². The second-order valence-electron chi connectivity index (χ2n) is 4.75. The van der Waals surface area contributed by atoms with Crippen LogP contribution in [0.1, 0.15) is 19.3 Å². The summed E-state index contributed by atoms with van der Waals surface area (Å²) in [4.78, 5) is 14.1. The number of carbonyl (C=O) groups is 1. The molecule has 116 valence electrons. The number of carbonyl (C=O) groups excluding carboxylic acids is 1. The summed E-state index contributed by atoms with van der Waals surface area (Å²) in [5, 5.41) is 3.55. The van der Waals surface area contributed by atoms with E-state index >= 15 is 0 Å². The maximum atomic E-state index is 12.0. The van der Waals surface area contributed by atoms with Crippen LogP contribution in [0.5, 0.6) is 0 Å². The van der Waals surface area contributed by atoms with Crippen molar-refractivity contribution in [3.63, 3.8) is 0 Å². The molecule has 0 unspecified atom stereocenters. The molecule has 0 radical (unpaired) electrons. The summed E-state index contributed by atoms with van der Waals surface area (Å²) in [7, 11) is 0. The van der Waals surface area contributed by atoms with Crippen molar-refractivity contribution in [2.45, 2.75) is 29.1 Å². The minimum Gasteiger partial charge on any atom is -0.325 e. The lowest BCUT2D eigenvalue weighted by atomic mass is 10.2. The van der Waals surface area contributed by atoms with Gasteiger partial charge in [-0.3, -0.25) is 4.79 Å². The standard InChI is InChI=1S/C17H17Cl2NOS/c18-11-5-4-8-17(21)20-15-12-13(19)9-10-16(15)22-14-6-2-1-3-7-14/h1-3,6-7,9-10,12H,4-5,8,11H2,(H,20,21). The largest absolute Gasteiger partial charge is 0.325 e.